The molecule has 0 aliphatic carbocycles. The highest BCUT2D eigenvalue weighted by Crippen LogP contribution is 2.17. The summed E-state index contributed by atoms with van der Waals surface area (Å²) in [6.45, 7) is 1.65. The summed E-state index contributed by atoms with van der Waals surface area (Å²) in [7, 11) is -3.98. The van der Waals surface area contributed by atoms with Gasteiger partial charge in [0.15, 0.2) is 0 Å². The van der Waals surface area contributed by atoms with Gasteiger partial charge in [-0.05, 0) is 30.8 Å². The Kier molecular flexibility index (Phi) is 4.71. The highest BCUT2D eigenvalue weighted by atomic mass is 32.2. The van der Waals surface area contributed by atoms with Crippen molar-refractivity contribution in [2.75, 3.05) is 6.54 Å². The molecule has 0 radical (unpaired) electrons. The van der Waals surface area contributed by atoms with E-state index in [0.29, 0.717) is 0 Å². The number of hydrogen-bond acceptors (Lipinski definition) is 6. The molecule has 0 spiro atoms. The van der Waals surface area contributed by atoms with Gasteiger partial charge in [-0.25, -0.2) is 17.9 Å². The van der Waals surface area contributed by atoms with E-state index in [-0.39, 0.29) is 11.4 Å². The molecule has 1 saturated heterocycles. The van der Waals surface area contributed by atoms with E-state index in [4.69, 9.17) is 0 Å². The molecule has 1 heterocycles. The van der Waals surface area contributed by atoms with E-state index in [1.165, 1.54) is 12.1 Å². The Labute approximate surface area is 131 Å². The first kappa shape index (κ1) is 16.3. The Bertz CT molecular complexity index is 715. The quantitative estimate of drug-likeness (QED) is 0.724. The number of nitrogens with one attached hydrogen (secondary N) is 3. The van der Waals surface area contributed by atoms with Crippen LogP contribution in [0.15, 0.2) is 29.2 Å². The van der Waals surface area contributed by atoms with Crippen LogP contribution in [0.5, 0.6) is 0 Å². The average Bonchev–Trinajstić information content (AvgIpc) is 2.74. The number of hydrogen-bond donors (Lipinski definition) is 3. The number of benzene rings is 1. The second-order valence-corrected chi connectivity index (χ2v) is 7.37. The molecule has 1 atom stereocenters. The number of sulfonamides is 1. The zero-order valence-corrected chi connectivity index (χ0v) is 13.1. The number of aryl methyl sites for hydroxylation is 1. The highest BCUT2D eigenvalue weighted by molar-refractivity contribution is 8.15. The Hall–Kier alpha value is -2.07. The normalized spacial score (nSPS) is 18.0. The molecule has 8 nitrogen and oxygen atoms in total. The van der Waals surface area contributed by atoms with Crippen LogP contribution in [-0.2, 0) is 14.8 Å². The minimum absolute atomic E-state index is 0.0450. The molecule has 1 aliphatic rings. The van der Waals surface area contributed by atoms with E-state index in [2.05, 4.69) is 10.6 Å². The molecular formula is C12H13N3O5S2. The zero-order valence-electron chi connectivity index (χ0n) is 11.5. The van der Waals surface area contributed by atoms with Crippen LogP contribution < -0.4 is 15.4 Å². The Morgan fingerprint density at radius 3 is 2.45 bits per heavy atom. The monoisotopic (exact) mass is 343 g/mol. The summed E-state index contributed by atoms with van der Waals surface area (Å²) in [5.74, 6) is -0.517. The van der Waals surface area contributed by atoms with Crippen molar-refractivity contribution >= 4 is 39.0 Å². The number of thioether (sulfide) groups is 1. The van der Waals surface area contributed by atoms with E-state index < -0.39 is 32.5 Å². The van der Waals surface area contributed by atoms with Crippen molar-refractivity contribution in [1.29, 1.82) is 0 Å². The van der Waals surface area contributed by atoms with Gasteiger partial charge in [0, 0.05) is 6.54 Å². The maximum absolute atomic E-state index is 12.0. The lowest BCUT2D eigenvalue weighted by molar-refractivity contribution is -0.118. The fraction of sp³-hybridized carbons (Fsp3) is 0.250. The first-order chi connectivity index (χ1) is 10.3. The van der Waals surface area contributed by atoms with Crippen LogP contribution in [0.25, 0.3) is 0 Å². The van der Waals surface area contributed by atoms with Crippen molar-refractivity contribution < 1.29 is 22.8 Å². The average molecular weight is 343 g/mol. The van der Waals surface area contributed by atoms with Crippen molar-refractivity contribution in [3.8, 4) is 0 Å². The van der Waals surface area contributed by atoms with Gasteiger partial charge in [0.1, 0.15) is 5.25 Å². The Morgan fingerprint density at radius 1 is 1.27 bits per heavy atom. The minimum Gasteiger partial charge on any atom is -0.336 e. The molecule has 1 unspecified atom stereocenters. The van der Waals surface area contributed by atoms with Crippen molar-refractivity contribution in [3.63, 3.8) is 0 Å². The molecule has 10 heteroatoms. The van der Waals surface area contributed by atoms with Gasteiger partial charge >= 0.3 is 6.03 Å². The molecule has 0 saturated carbocycles. The molecule has 2 rings (SSSR count). The van der Waals surface area contributed by atoms with Gasteiger partial charge in [0.2, 0.25) is 5.91 Å². The van der Waals surface area contributed by atoms with Crippen molar-refractivity contribution in [3.05, 3.63) is 29.8 Å². The summed E-state index contributed by atoms with van der Waals surface area (Å²) in [4.78, 5) is 33.8. The SMILES string of the molecule is Cc1ccc(S(=O)(=O)NC(=O)NCC2SC(=O)NC2=O)cc1. The van der Waals surface area contributed by atoms with Gasteiger partial charge < -0.3 is 5.32 Å². The van der Waals surface area contributed by atoms with E-state index in [1.54, 1.807) is 12.1 Å². The lowest BCUT2D eigenvalue weighted by atomic mass is 10.2. The molecule has 1 aliphatic heterocycles. The molecule has 1 aromatic rings. The van der Waals surface area contributed by atoms with Gasteiger partial charge in [0.05, 0.1) is 4.90 Å². The van der Waals surface area contributed by atoms with Crippen LogP contribution in [0.3, 0.4) is 0 Å². The topological polar surface area (TPSA) is 121 Å². The number of rotatable bonds is 4. The van der Waals surface area contributed by atoms with Crippen LogP contribution in [0, 0.1) is 6.92 Å². The first-order valence-electron chi connectivity index (χ1n) is 6.17. The van der Waals surface area contributed by atoms with Crippen LogP contribution in [0.4, 0.5) is 9.59 Å². The number of carbonyl (C=O) groups excluding carboxylic acids is 3. The molecule has 0 aromatic heterocycles. The van der Waals surface area contributed by atoms with Gasteiger partial charge in [-0.1, -0.05) is 17.7 Å². The standard InChI is InChI=1S/C12H13N3O5S2/c1-7-2-4-8(5-3-7)22(19,20)15-11(17)13-6-9-10(16)14-12(18)21-9/h2-5,9H,6H2,1H3,(H2,13,15,17)(H,14,16,18). The number of imide groups is 1. The fourth-order valence-corrected chi connectivity index (χ4v) is 3.33. The lowest BCUT2D eigenvalue weighted by Crippen LogP contribution is -2.43. The smallest absolute Gasteiger partial charge is 0.328 e. The molecule has 0 bridgehead atoms. The van der Waals surface area contributed by atoms with Gasteiger partial charge in [-0.15, -0.1) is 0 Å². The Morgan fingerprint density at radius 2 is 1.91 bits per heavy atom. The third-order valence-corrected chi connectivity index (χ3v) is 5.10. The maximum atomic E-state index is 12.0. The van der Waals surface area contributed by atoms with Gasteiger partial charge in [0.25, 0.3) is 15.3 Å². The molecule has 3 N–H and O–H groups in total. The number of urea groups is 1. The predicted molar refractivity (Wildman–Crippen MR) is 79.8 cm³/mol. The van der Waals surface area contributed by atoms with E-state index in [1.807, 2.05) is 11.6 Å². The molecule has 1 fully saturated rings. The number of amides is 4. The third-order valence-electron chi connectivity index (χ3n) is 2.77. The van der Waals surface area contributed by atoms with Gasteiger partial charge in [-0.2, -0.15) is 0 Å². The van der Waals surface area contributed by atoms with Crippen LogP contribution >= 0.6 is 11.8 Å². The summed E-state index contributed by atoms with van der Waals surface area (Å²) >= 11 is 0.740. The predicted octanol–water partition coefficient (Wildman–Crippen LogP) is 0.335. The highest BCUT2D eigenvalue weighted by Gasteiger charge is 2.32. The first-order valence-corrected chi connectivity index (χ1v) is 8.53. The van der Waals surface area contributed by atoms with Gasteiger partial charge in [-0.3, -0.25) is 14.9 Å². The van der Waals surface area contributed by atoms with Crippen LogP contribution in [0.1, 0.15) is 5.56 Å². The second-order valence-electron chi connectivity index (χ2n) is 4.51. The molecule has 1 aromatic carbocycles. The summed E-state index contributed by atoms with van der Waals surface area (Å²) in [5, 5.41) is 3.06. The summed E-state index contributed by atoms with van der Waals surface area (Å²) in [6.07, 6.45) is 0. The molecule has 118 valence electrons. The Balaban J connectivity index is 1.92. The van der Waals surface area contributed by atoms with Crippen molar-refractivity contribution in [2.24, 2.45) is 0 Å². The van der Waals surface area contributed by atoms with Crippen LogP contribution in [0.2, 0.25) is 0 Å². The van der Waals surface area contributed by atoms with E-state index >= 15 is 0 Å². The van der Waals surface area contributed by atoms with E-state index in [0.717, 1.165) is 17.3 Å². The fourth-order valence-electron chi connectivity index (χ4n) is 1.65. The maximum Gasteiger partial charge on any atom is 0.328 e. The number of carbonyl (C=O) groups is 3. The van der Waals surface area contributed by atoms with E-state index in [9.17, 15) is 22.8 Å². The summed E-state index contributed by atoms with van der Waals surface area (Å²) < 4.78 is 25.7. The molecule has 4 amide bonds. The zero-order chi connectivity index (χ0) is 16.3. The summed E-state index contributed by atoms with van der Waals surface area (Å²) in [6, 6.07) is 5.01. The van der Waals surface area contributed by atoms with Crippen LogP contribution in [-0.4, -0.2) is 37.4 Å². The second kappa shape index (κ2) is 6.36. The minimum atomic E-state index is -3.98. The lowest BCUT2D eigenvalue weighted by Gasteiger charge is -2.10. The molecule has 22 heavy (non-hydrogen) atoms. The largest absolute Gasteiger partial charge is 0.336 e. The third kappa shape index (κ3) is 3.98. The molecular weight excluding hydrogens is 330 g/mol. The summed E-state index contributed by atoms with van der Waals surface area (Å²) in [5.41, 5.74) is 0.886. The van der Waals surface area contributed by atoms with Crippen molar-refractivity contribution in [2.45, 2.75) is 17.1 Å². The van der Waals surface area contributed by atoms with Crippen molar-refractivity contribution in [1.82, 2.24) is 15.4 Å².